The maximum absolute atomic E-state index is 13.1. The maximum atomic E-state index is 13.1. The lowest BCUT2D eigenvalue weighted by Gasteiger charge is -2.16. The van der Waals surface area contributed by atoms with Crippen LogP contribution >= 0.6 is 23.2 Å². The summed E-state index contributed by atoms with van der Waals surface area (Å²) in [5.41, 5.74) is 0.428. The third-order valence-corrected chi connectivity index (χ3v) is 3.52. The Morgan fingerprint density at radius 1 is 1.22 bits per heavy atom. The first kappa shape index (κ1) is 17.4. The Kier molecular flexibility index (Phi) is 5.69. The van der Waals surface area contributed by atoms with E-state index in [1.165, 1.54) is 25.3 Å². The van der Waals surface area contributed by atoms with E-state index in [1.807, 2.05) is 0 Å². The molecule has 7 heteroatoms. The number of benzene rings is 2. The first-order valence-corrected chi connectivity index (χ1v) is 7.42. The van der Waals surface area contributed by atoms with Crippen LogP contribution in [-0.2, 0) is 4.79 Å². The third kappa shape index (κ3) is 4.50. The van der Waals surface area contributed by atoms with Gasteiger partial charge in [0.25, 0.3) is 5.91 Å². The molecule has 0 unspecified atom stereocenters. The van der Waals surface area contributed by atoms with Gasteiger partial charge in [0.2, 0.25) is 0 Å². The number of nitrogens with one attached hydrogen (secondary N) is 1. The zero-order valence-corrected chi connectivity index (χ0v) is 13.9. The summed E-state index contributed by atoms with van der Waals surface area (Å²) >= 11 is 11.6. The van der Waals surface area contributed by atoms with Gasteiger partial charge in [0.05, 0.1) is 17.8 Å². The molecular formula is C16H14Cl2FNO3. The third-order valence-electron chi connectivity index (χ3n) is 2.99. The van der Waals surface area contributed by atoms with Gasteiger partial charge in [-0.1, -0.05) is 23.2 Å². The molecule has 0 aliphatic rings. The highest BCUT2D eigenvalue weighted by Crippen LogP contribution is 2.28. The molecule has 2 aromatic rings. The summed E-state index contributed by atoms with van der Waals surface area (Å²) in [4.78, 5) is 12.2. The molecule has 0 saturated carbocycles. The molecule has 0 aliphatic heterocycles. The highest BCUT2D eigenvalue weighted by atomic mass is 35.5. The Hall–Kier alpha value is -1.98. The van der Waals surface area contributed by atoms with Crippen molar-refractivity contribution in [3.8, 4) is 11.5 Å². The van der Waals surface area contributed by atoms with Crippen molar-refractivity contribution >= 4 is 34.8 Å². The SMILES string of the molecule is COc1ccc(Cl)cc1NC(=O)[C@H](C)Oc1ccc(F)c(Cl)c1. The second-order valence-electron chi connectivity index (χ2n) is 4.67. The van der Waals surface area contributed by atoms with E-state index in [2.05, 4.69) is 5.32 Å². The zero-order valence-electron chi connectivity index (χ0n) is 12.4. The summed E-state index contributed by atoms with van der Waals surface area (Å²) in [7, 11) is 1.49. The predicted molar refractivity (Wildman–Crippen MR) is 88.1 cm³/mol. The van der Waals surface area contributed by atoms with Crippen LogP contribution in [0.1, 0.15) is 6.92 Å². The molecule has 1 atom stereocenters. The number of methoxy groups -OCH3 is 1. The van der Waals surface area contributed by atoms with E-state index in [0.717, 1.165) is 0 Å². The number of hydrogen-bond donors (Lipinski definition) is 1. The predicted octanol–water partition coefficient (Wildman–Crippen LogP) is 4.55. The molecular weight excluding hydrogens is 344 g/mol. The van der Waals surface area contributed by atoms with Crippen molar-refractivity contribution < 1.29 is 18.7 Å². The first-order chi connectivity index (χ1) is 10.9. The molecule has 122 valence electrons. The molecule has 0 bridgehead atoms. The fraction of sp³-hybridized carbons (Fsp3) is 0.188. The van der Waals surface area contributed by atoms with E-state index in [0.29, 0.717) is 16.5 Å². The summed E-state index contributed by atoms with van der Waals surface area (Å²) in [5.74, 6) is -0.206. The van der Waals surface area contributed by atoms with Gasteiger partial charge in [-0.05, 0) is 37.3 Å². The molecule has 0 aromatic heterocycles. The van der Waals surface area contributed by atoms with Crippen LogP contribution < -0.4 is 14.8 Å². The maximum Gasteiger partial charge on any atom is 0.265 e. The minimum Gasteiger partial charge on any atom is -0.495 e. The lowest BCUT2D eigenvalue weighted by atomic mass is 10.2. The van der Waals surface area contributed by atoms with Gasteiger partial charge in [-0.3, -0.25) is 4.79 Å². The van der Waals surface area contributed by atoms with Crippen molar-refractivity contribution in [3.05, 3.63) is 52.3 Å². The van der Waals surface area contributed by atoms with Crippen molar-refractivity contribution in [1.29, 1.82) is 0 Å². The monoisotopic (exact) mass is 357 g/mol. The summed E-state index contributed by atoms with van der Waals surface area (Å²) in [6.07, 6.45) is -0.833. The number of amides is 1. The van der Waals surface area contributed by atoms with Gasteiger partial charge >= 0.3 is 0 Å². The fourth-order valence-electron chi connectivity index (χ4n) is 1.82. The average Bonchev–Trinajstić information content (AvgIpc) is 2.51. The van der Waals surface area contributed by atoms with Crippen LogP contribution in [0.3, 0.4) is 0 Å². The first-order valence-electron chi connectivity index (χ1n) is 6.67. The van der Waals surface area contributed by atoms with Crippen molar-refractivity contribution in [2.24, 2.45) is 0 Å². The molecule has 0 spiro atoms. The van der Waals surface area contributed by atoms with E-state index in [9.17, 15) is 9.18 Å². The summed E-state index contributed by atoms with van der Waals surface area (Å²) < 4.78 is 23.7. The number of hydrogen-bond acceptors (Lipinski definition) is 3. The molecule has 0 radical (unpaired) electrons. The largest absolute Gasteiger partial charge is 0.495 e. The van der Waals surface area contributed by atoms with Gasteiger partial charge in [0.15, 0.2) is 6.10 Å². The Balaban J connectivity index is 2.08. The normalized spacial score (nSPS) is 11.7. The van der Waals surface area contributed by atoms with Gasteiger partial charge in [0, 0.05) is 11.1 Å². The summed E-state index contributed by atoms with van der Waals surface area (Å²) in [6, 6.07) is 8.73. The fourth-order valence-corrected chi connectivity index (χ4v) is 2.16. The van der Waals surface area contributed by atoms with E-state index >= 15 is 0 Å². The van der Waals surface area contributed by atoms with E-state index in [1.54, 1.807) is 25.1 Å². The van der Waals surface area contributed by atoms with Crippen molar-refractivity contribution in [2.75, 3.05) is 12.4 Å². The van der Waals surface area contributed by atoms with Crippen LogP contribution in [0.4, 0.5) is 10.1 Å². The van der Waals surface area contributed by atoms with Crippen LogP contribution in [0.2, 0.25) is 10.0 Å². The standard InChI is InChI=1S/C16H14Cl2FNO3/c1-9(23-11-4-5-13(19)12(18)8-11)16(21)20-14-7-10(17)3-6-15(14)22-2/h3-9H,1-2H3,(H,20,21)/t9-/m0/s1. The van der Waals surface area contributed by atoms with Crippen LogP contribution in [0.25, 0.3) is 0 Å². The number of halogens is 3. The number of ether oxygens (including phenoxy) is 2. The molecule has 2 rings (SSSR count). The second-order valence-corrected chi connectivity index (χ2v) is 5.51. The van der Waals surface area contributed by atoms with E-state index in [-0.39, 0.29) is 10.8 Å². The molecule has 1 amide bonds. The molecule has 0 fully saturated rings. The quantitative estimate of drug-likeness (QED) is 0.853. The number of anilines is 1. The van der Waals surface area contributed by atoms with Gasteiger partial charge in [0.1, 0.15) is 17.3 Å². The van der Waals surface area contributed by atoms with Crippen LogP contribution in [0.5, 0.6) is 11.5 Å². The molecule has 0 heterocycles. The molecule has 0 saturated heterocycles. The lowest BCUT2D eigenvalue weighted by molar-refractivity contribution is -0.122. The van der Waals surface area contributed by atoms with Crippen LogP contribution in [-0.4, -0.2) is 19.1 Å². The molecule has 0 aliphatic carbocycles. The van der Waals surface area contributed by atoms with Crippen molar-refractivity contribution in [1.82, 2.24) is 0 Å². The number of rotatable bonds is 5. The van der Waals surface area contributed by atoms with Crippen molar-refractivity contribution in [2.45, 2.75) is 13.0 Å². The molecule has 23 heavy (non-hydrogen) atoms. The Morgan fingerprint density at radius 3 is 2.61 bits per heavy atom. The summed E-state index contributed by atoms with van der Waals surface area (Å²) in [5, 5.41) is 3.05. The van der Waals surface area contributed by atoms with Gasteiger partial charge in [-0.15, -0.1) is 0 Å². The highest BCUT2D eigenvalue weighted by molar-refractivity contribution is 6.31. The highest BCUT2D eigenvalue weighted by Gasteiger charge is 2.17. The molecule has 4 nitrogen and oxygen atoms in total. The Labute approximate surface area is 143 Å². The number of carbonyl (C=O) groups excluding carboxylic acids is 1. The van der Waals surface area contributed by atoms with Crippen LogP contribution in [0.15, 0.2) is 36.4 Å². The molecule has 1 N–H and O–H groups in total. The smallest absolute Gasteiger partial charge is 0.265 e. The van der Waals surface area contributed by atoms with Gasteiger partial charge < -0.3 is 14.8 Å². The number of carbonyl (C=O) groups is 1. The topological polar surface area (TPSA) is 47.6 Å². The minimum atomic E-state index is -0.833. The Bertz CT molecular complexity index is 724. The summed E-state index contributed by atoms with van der Waals surface area (Å²) in [6.45, 7) is 1.56. The minimum absolute atomic E-state index is 0.0772. The Morgan fingerprint density at radius 2 is 1.96 bits per heavy atom. The second kappa shape index (κ2) is 7.53. The lowest BCUT2D eigenvalue weighted by Crippen LogP contribution is -2.30. The van der Waals surface area contributed by atoms with Crippen LogP contribution in [0, 0.1) is 5.82 Å². The van der Waals surface area contributed by atoms with Crippen molar-refractivity contribution in [3.63, 3.8) is 0 Å². The zero-order chi connectivity index (χ0) is 17.0. The van der Waals surface area contributed by atoms with E-state index in [4.69, 9.17) is 32.7 Å². The average molecular weight is 358 g/mol. The van der Waals surface area contributed by atoms with E-state index < -0.39 is 17.8 Å². The van der Waals surface area contributed by atoms with Gasteiger partial charge in [-0.2, -0.15) is 0 Å². The van der Waals surface area contributed by atoms with Gasteiger partial charge in [-0.25, -0.2) is 4.39 Å². The molecule has 2 aromatic carbocycles.